The van der Waals surface area contributed by atoms with E-state index < -0.39 is 147 Å². The molecular formula is C55H62N2O19S. The van der Waals surface area contributed by atoms with Gasteiger partial charge in [0.2, 0.25) is 15.9 Å². The number of fused-ring (bicyclic) bond motifs is 6. The summed E-state index contributed by atoms with van der Waals surface area (Å²) in [5.41, 5.74) is -8.91. The number of rotatable bonds is 13. The fourth-order valence-corrected chi connectivity index (χ4v) is 13.0. The lowest BCUT2D eigenvalue weighted by Gasteiger charge is -2.67. The summed E-state index contributed by atoms with van der Waals surface area (Å²) in [7, 11) is -3.97. The van der Waals surface area contributed by atoms with E-state index in [-0.39, 0.29) is 45.1 Å². The zero-order valence-electron chi connectivity index (χ0n) is 43.6. The minimum atomic E-state index is -3.97. The Morgan fingerprint density at radius 2 is 1.52 bits per heavy atom. The number of carbonyl (C=O) groups is 7. The lowest BCUT2D eigenvalue weighted by Crippen LogP contribution is -2.81. The molecule has 3 fully saturated rings. The first-order valence-electron chi connectivity index (χ1n) is 24.9. The third-order valence-corrected chi connectivity index (χ3v) is 17.3. The highest BCUT2D eigenvalue weighted by atomic mass is 32.2. The number of hydrogen-bond donors (Lipinski definition) is 5. The molecule has 1 saturated heterocycles. The Kier molecular flexibility index (Phi) is 15.2. The van der Waals surface area contributed by atoms with Gasteiger partial charge >= 0.3 is 36.1 Å². The first-order valence-corrected chi connectivity index (χ1v) is 26.4. The van der Waals surface area contributed by atoms with Crippen LogP contribution in [0.4, 0.5) is 9.59 Å². The molecule has 11 atom stereocenters. The monoisotopic (exact) mass is 1090 g/mol. The third kappa shape index (κ3) is 10.2. The molecule has 21 nitrogen and oxygen atoms in total. The van der Waals surface area contributed by atoms with Crippen LogP contribution in [-0.4, -0.2) is 139 Å². The number of nitrogens with one attached hydrogen (secondary N) is 2. The van der Waals surface area contributed by atoms with Gasteiger partial charge in [-0.3, -0.25) is 14.4 Å². The maximum absolute atomic E-state index is 15.3. The highest BCUT2D eigenvalue weighted by Crippen LogP contribution is 2.64. The minimum Gasteiger partial charge on any atom is -0.455 e. The molecule has 5 N–H and O–H groups in total. The predicted molar refractivity (Wildman–Crippen MR) is 268 cm³/mol. The number of amides is 2. The molecule has 22 heteroatoms. The zero-order chi connectivity index (χ0) is 56.2. The molecule has 2 amide bonds. The fourth-order valence-electron chi connectivity index (χ4n) is 11.5. The molecule has 0 spiro atoms. The summed E-state index contributed by atoms with van der Waals surface area (Å²) >= 11 is 0. The molecule has 3 aromatic carbocycles. The summed E-state index contributed by atoms with van der Waals surface area (Å²) in [6.45, 7) is 9.55. The average Bonchev–Trinajstić information content (AvgIpc) is 3.66. The van der Waals surface area contributed by atoms with Gasteiger partial charge < -0.3 is 59.1 Å². The van der Waals surface area contributed by atoms with E-state index in [9.17, 15) is 47.7 Å². The van der Waals surface area contributed by atoms with E-state index in [2.05, 4.69) is 10.6 Å². The lowest BCUT2D eigenvalue weighted by molar-refractivity contribution is -0.346. The molecule has 5 aliphatic rings. The largest absolute Gasteiger partial charge is 0.455 e. The minimum absolute atomic E-state index is 0.0102. The zero-order valence-corrected chi connectivity index (χ0v) is 44.4. The summed E-state index contributed by atoms with van der Waals surface area (Å²) in [5.74, 6) is -7.15. The topological polar surface area (TPSA) is 303 Å². The second kappa shape index (κ2) is 20.8. The van der Waals surface area contributed by atoms with Crippen LogP contribution in [0.5, 0.6) is 0 Å². The number of aliphatic hydroxyl groups excluding tert-OH is 2. The van der Waals surface area contributed by atoms with Gasteiger partial charge in [-0.25, -0.2) is 27.6 Å². The van der Waals surface area contributed by atoms with Crippen LogP contribution < -0.4 is 10.6 Å². The number of sulfone groups is 1. The van der Waals surface area contributed by atoms with Gasteiger partial charge in [-0.2, -0.15) is 0 Å². The van der Waals surface area contributed by atoms with Crippen molar-refractivity contribution < 1.29 is 90.5 Å². The molecule has 8 rings (SSSR count). The fraction of sp³-hybridized carbons (Fsp3) is 0.473. The van der Waals surface area contributed by atoms with Crippen LogP contribution in [0.25, 0.3) is 6.08 Å². The van der Waals surface area contributed by atoms with E-state index in [1.807, 2.05) is 0 Å². The third-order valence-electron chi connectivity index (χ3n) is 15.4. The number of ether oxygens (including phenoxy) is 7. The first kappa shape index (κ1) is 56.2. The number of hydrogen-bond acceptors (Lipinski definition) is 19. The number of esters is 4. The van der Waals surface area contributed by atoms with Crippen LogP contribution >= 0.6 is 0 Å². The molecule has 2 heterocycles. The molecule has 0 radical (unpaired) electrons. The normalized spacial score (nSPS) is 29.3. The molecule has 0 unspecified atom stereocenters. The van der Waals surface area contributed by atoms with Gasteiger partial charge in [0.1, 0.15) is 54.8 Å². The SMILES string of the molecule is CC(=O)O[C@@]12CO[C@@H]1C[C@H](O)[C@@]1(C)C(=O)[C@H](O)C3=C(C)[C@@H](OC(=O)[C@H](OC(=O)CNC(=O)OCC4=Cc5ccccc5S4(=O)=O)[C@@H](NC(=O)OC(C)(C)C)c4ccccc4)C[C@@](O)([C@@H](OC(=O)c4ccccc4)[C@H]21)C3(C)C. The molecule has 2 bridgehead atoms. The van der Waals surface area contributed by atoms with Crippen molar-refractivity contribution in [2.45, 2.75) is 133 Å². The van der Waals surface area contributed by atoms with Gasteiger partial charge in [-0.05, 0) is 81.2 Å². The molecule has 412 valence electrons. The van der Waals surface area contributed by atoms with Crippen molar-refractivity contribution in [2.75, 3.05) is 19.8 Å². The standard InChI is InChI=1S/C55H62N2O19S/c1-29-35(25-55(67)46(74-47(63)32-19-13-10-14-20-32)44-53(8,45(62)42(61)40(29)52(55,6)7)37(59)24-38-54(44,28-71-38)75-30(2)58)72-48(64)43(41(31-17-11-9-12-18-31)57-50(66)76-51(3,4)5)73-39(60)26-56-49(65)70-27-34-23-33-21-15-16-22-36(33)77(34,68)69/h9-23,35,37-38,41-44,46,59,61,67H,24-28H2,1-8H3,(H,56,65)(H,57,66)/t35-,37-,38+,41-,42+,43+,44-,46-,53+,54-,55+/m0/s1. The molecule has 2 aliphatic heterocycles. The van der Waals surface area contributed by atoms with E-state index in [1.165, 1.54) is 64.1 Å². The molecule has 3 aliphatic carbocycles. The average molecular weight is 1090 g/mol. The van der Waals surface area contributed by atoms with Crippen molar-refractivity contribution in [3.05, 3.63) is 118 Å². The van der Waals surface area contributed by atoms with Crippen molar-refractivity contribution in [2.24, 2.45) is 16.7 Å². The van der Waals surface area contributed by atoms with E-state index in [0.717, 1.165) is 6.92 Å². The van der Waals surface area contributed by atoms with E-state index in [0.29, 0.717) is 5.56 Å². The predicted octanol–water partition coefficient (Wildman–Crippen LogP) is 4.37. The quantitative estimate of drug-likeness (QED) is 0.0902. The van der Waals surface area contributed by atoms with Crippen molar-refractivity contribution in [3.8, 4) is 0 Å². The van der Waals surface area contributed by atoms with Crippen LogP contribution in [0.1, 0.15) is 95.8 Å². The van der Waals surface area contributed by atoms with Crippen LogP contribution in [0, 0.1) is 16.7 Å². The number of ketones is 1. The van der Waals surface area contributed by atoms with Gasteiger partial charge in [0.05, 0.1) is 39.4 Å². The highest BCUT2D eigenvalue weighted by molar-refractivity contribution is 7.95. The van der Waals surface area contributed by atoms with Crippen LogP contribution in [0.3, 0.4) is 0 Å². The summed E-state index contributed by atoms with van der Waals surface area (Å²) in [6.07, 6.45) is -12.5. The Morgan fingerprint density at radius 3 is 2.13 bits per heavy atom. The Morgan fingerprint density at radius 1 is 0.883 bits per heavy atom. The van der Waals surface area contributed by atoms with Crippen LogP contribution in [-0.2, 0) is 62.2 Å². The van der Waals surface area contributed by atoms with E-state index in [4.69, 9.17) is 33.2 Å². The Hall–Kier alpha value is -6.98. The van der Waals surface area contributed by atoms with Gasteiger partial charge in [-0.1, -0.05) is 80.6 Å². The number of benzene rings is 3. The summed E-state index contributed by atoms with van der Waals surface area (Å²) in [4.78, 5) is 98.1. The van der Waals surface area contributed by atoms with Gasteiger partial charge in [0.15, 0.2) is 11.4 Å². The van der Waals surface area contributed by atoms with Gasteiger partial charge in [-0.15, -0.1) is 0 Å². The van der Waals surface area contributed by atoms with E-state index >= 15 is 9.59 Å². The Balaban J connectivity index is 1.17. The maximum Gasteiger partial charge on any atom is 0.408 e. The Bertz CT molecular complexity index is 3040. The van der Waals surface area contributed by atoms with Crippen LogP contribution in [0.2, 0.25) is 0 Å². The van der Waals surface area contributed by atoms with Crippen molar-refractivity contribution in [1.82, 2.24) is 10.6 Å². The van der Waals surface area contributed by atoms with Crippen molar-refractivity contribution >= 4 is 57.8 Å². The molecule has 3 aromatic rings. The maximum atomic E-state index is 15.3. The number of Topliss-reactive ketones (excluding diaryl/α,β-unsaturated/α-hetero) is 1. The summed E-state index contributed by atoms with van der Waals surface area (Å²) in [6, 6.07) is 19.9. The first-order chi connectivity index (χ1) is 36.1. The second-order valence-electron chi connectivity index (χ2n) is 21.6. The van der Waals surface area contributed by atoms with Crippen molar-refractivity contribution in [1.29, 1.82) is 0 Å². The van der Waals surface area contributed by atoms with Gasteiger partial charge in [0.25, 0.3) is 0 Å². The second-order valence-corrected chi connectivity index (χ2v) is 23.6. The van der Waals surface area contributed by atoms with Crippen LogP contribution in [0.15, 0.2) is 106 Å². The Labute approximate surface area is 444 Å². The summed E-state index contributed by atoms with van der Waals surface area (Å²) < 4.78 is 67.1. The number of alkyl carbamates (subject to hydrolysis) is 2. The van der Waals surface area contributed by atoms with E-state index in [1.54, 1.807) is 75.4 Å². The summed E-state index contributed by atoms with van der Waals surface area (Å²) in [5, 5.41) is 43.0. The number of aliphatic hydroxyl groups is 3. The highest BCUT2D eigenvalue weighted by Gasteiger charge is 2.78. The van der Waals surface area contributed by atoms with Crippen molar-refractivity contribution in [3.63, 3.8) is 0 Å². The number of carbonyl (C=O) groups excluding carboxylic acids is 7. The lowest BCUT2D eigenvalue weighted by atomic mass is 9.44. The smallest absolute Gasteiger partial charge is 0.408 e. The molecule has 2 saturated carbocycles. The van der Waals surface area contributed by atoms with Gasteiger partial charge in [0, 0.05) is 25.2 Å². The molecular weight excluding hydrogens is 1020 g/mol. The molecule has 0 aromatic heterocycles. The molecule has 77 heavy (non-hydrogen) atoms.